The van der Waals surface area contributed by atoms with Crippen LogP contribution in [0.25, 0.3) is 0 Å². The molecule has 0 unspecified atom stereocenters. The molecule has 1 N–H and O–H groups in total. The van der Waals surface area contributed by atoms with Crippen molar-refractivity contribution in [3.8, 4) is 11.5 Å². The Bertz CT molecular complexity index is 894. The maximum atomic E-state index is 13.1. The Kier molecular flexibility index (Phi) is 10.1. The van der Waals surface area contributed by atoms with Crippen molar-refractivity contribution in [1.29, 1.82) is 0 Å². The van der Waals surface area contributed by atoms with Gasteiger partial charge in [-0.1, -0.05) is 53.0 Å². The Morgan fingerprint density at radius 1 is 1.23 bits per heavy atom. The summed E-state index contributed by atoms with van der Waals surface area (Å²) < 4.78 is 11.7. The lowest BCUT2D eigenvalue weighted by atomic mass is 10.1. The van der Waals surface area contributed by atoms with Crippen LogP contribution in [0.5, 0.6) is 11.5 Å². The number of unbranched alkanes of at least 4 members (excludes halogenated alkanes) is 1. The van der Waals surface area contributed by atoms with Gasteiger partial charge < -0.3 is 19.7 Å². The van der Waals surface area contributed by atoms with Gasteiger partial charge in [-0.25, -0.2) is 0 Å². The lowest BCUT2D eigenvalue weighted by Gasteiger charge is -2.29. The Hall–Kier alpha value is -2.25. The first-order valence-corrected chi connectivity index (χ1v) is 11.3. The fourth-order valence-corrected chi connectivity index (χ4v) is 3.63. The molecular weight excluding hydrogens is 484 g/mol. The van der Waals surface area contributed by atoms with E-state index in [1.807, 2.05) is 24.3 Å². The van der Waals surface area contributed by atoms with Crippen molar-refractivity contribution in [2.75, 3.05) is 20.3 Å². The molecule has 0 saturated carbocycles. The summed E-state index contributed by atoms with van der Waals surface area (Å²) in [5.74, 6) is 0.564. The first-order valence-electron chi connectivity index (χ1n) is 10.1. The number of rotatable bonds is 11. The minimum Gasteiger partial charge on any atom is -0.497 e. The minimum atomic E-state index is -0.667. The normalized spacial score (nSPS) is 11.5. The van der Waals surface area contributed by atoms with Crippen LogP contribution in [0.2, 0.25) is 5.02 Å². The fourth-order valence-electron chi connectivity index (χ4n) is 2.90. The second-order valence-corrected chi connectivity index (χ2v) is 8.38. The van der Waals surface area contributed by atoms with Gasteiger partial charge in [-0.15, -0.1) is 0 Å². The number of nitrogens with zero attached hydrogens (tertiary/aromatic N) is 1. The molecule has 2 aromatic rings. The Morgan fingerprint density at radius 3 is 2.68 bits per heavy atom. The third-order valence-electron chi connectivity index (χ3n) is 4.73. The van der Waals surface area contributed by atoms with Gasteiger partial charge in [0.25, 0.3) is 5.91 Å². The lowest BCUT2D eigenvalue weighted by Crippen LogP contribution is -2.49. The van der Waals surface area contributed by atoms with Gasteiger partial charge in [0.05, 0.1) is 12.1 Å². The smallest absolute Gasteiger partial charge is 0.261 e. The zero-order valence-electron chi connectivity index (χ0n) is 18.0. The summed E-state index contributed by atoms with van der Waals surface area (Å²) in [7, 11) is 1.58. The maximum Gasteiger partial charge on any atom is 0.261 e. The van der Waals surface area contributed by atoms with Crippen LogP contribution in [-0.4, -0.2) is 43.0 Å². The quantitative estimate of drug-likeness (QED) is 0.439. The van der Waals surface area contributed by atoms with Crippen molar-refractivity contribution in [2.24, 2.45) is 0 Å². The topological polar surface area (TPSA) is 67.9 Å². The standard InChI is InChI=1S/C23H28BrClN2O4/c1-4-5-11-26-23(29)16(2)27(14-17-7-6-8-19(12-17)30-3)22(28)15-31-21-10-9-18(24)13-20(21)25/h6-10,12-13,16H,4-5,11,14-15H2,1-3H3,(H,26,29)/t16-/m1/s1. The molecule has 1 atom stereocenters. The molecule has 6 nitrogen and oxygen atoms in total. The molecule has 0 aliphatic carbocycles. The molecule has 2 rings (SSSR count). The van der Waals surface area contributed by atoms with Crippen molar-refractivity contribution in [1.82, 2.24) is 10.2 Å². The van der Waals surface area contributed by atoms with Gasteiger partial charge in [-0.05, 0) is 49.2 Å². The van der Waals surface area contributed by atoms with Crippen molar-refractivity contribution in [3.05, 3.63) is 57.5 Å². The summed E-state index contributed by atoms with van der Waals surface area (Å²) in [6.07, 6.45) is 1.86. The van der Waals surface area contributed by atoms with Crippen molar-refractivity contribution < 1.29 is 19.1 Å². The van der Waals surface area contributed by atoms with Gasteiger partial charge in [0.1, 0.15) is 17.5 Å². The van der Waals surface area contributed by atoms with Crippen molar-refractivity contribution in [3.63, 3.8) is 0 Å². The summed E-state index contributed by atoms with van der Waals surface area (Å²) in [4.78, 5) is 27.2. The second kappa shape index (κ2) is 12.6. The predicted octanol–water partition coefficient (Wildman–Crippen LogP) is 4.82. The first-order chi connectivity index (χ1) is 14.8. The Labute approximate surface area is 197 Å². The number of ether oxygens (including phenoxy) is 2. The average molecular weight is 512 g/mol. The number of hydrogen-bond donors (Lipinski definition) is 1. The number of carbonyl (C=O) groups is 2. The number of halogens is 2. The van der Waals surface area contributed by atoms with Gasteiger partial charge in [0, 0.05) is 17.6 Å². The number of carbonyl (C=O) groups excluding carboxylic acids is 2. The molecule has 168 valence electrons. The van der Waals surface area contributed by atoms with Gasteiger partial charge >= 0.3 is 0 Å². The minimum absolute atomic E-state index is 0.202. The Morgan fingerprint density at radius 2 is 2.00 bits per heavy atom. The molecule has 0 saturated heterocycles. The number of amides is 2. The third kappa shape index (κ3) is 7.74. The zero-order chi connectivity index (χ0) is 22.8. The third-order valence-corrected chi connectivity index (χ3v) is 5.52. The average Bonchev–Trinajstić information content (AvgIpc) is 2.76. The van der Waals surface area contributed by atoms with Crippen LogP contribution >= 0.6 is 27.5 Å². The molecule has 0 aromatic heterocycles. The SMILES string of the molecule is CCCCNC(=O)[C@@H](C)N(Cc1cccc(OC)c1)C(=O)COc1ccc(Br)cc1Cl. The predicted molar refractivity (Wildman–Crippen MR) is 126 cm³/mol. The van der Waals surface area contributed by atoms with E-state index in [0.29, 0.717) is 23.1 Å². The van der Waals surface area contributed by atoms with Gasteiger partial charge in [0.2, 0.25) is 5.91 Å². The monoisotopic (exact) mass is 510 g/mol. The van der Waals surface area contributed by atoms with Gasteiger partial charge in [-0.2, -0.15) is 0 Å². The number of nitrogens with one attached hydrogen (secondary N) is 1. The highest BCUT2D eigenvalue weighted by Gasteiger charge is 2.26. The van der Waals surface area contributed by atoms with Crippen LogP contribution in [-0.2, 0) is 16.1 Å². The van der Waals surface area contributed by atoms with Crippen LogP contribution in [0.3, 0.4) is 0 Å². The highest BCUT2D eigenvalue weighted by atomic mass is 79.9. The van der Waals surface area contributed by atoms with Crippen molar-refractivity contribution >= 4 is 39.3 Å². The van der Waals surface area contributed by atoms with E-state index in [1.165, 1.54) is 4.90 Å². The molecule has 0 heterocycles. The Balaban J connectivity index is 2.16. The maximum absolute atomic E-state index is 13.1. The van der Waals surface area contributed by atoms with Crippen LogP contribution in [0.15, 0.2) is 46.9 Å². The van der Waals surface area contributed by atoms with Gasteiger partial charge in [-0.3, -0.25) is 9.59 Å². The molecule has 0 aliphatic heterocycles. The van der Waals surface area contributed by atoms with Crippen LogP contribution in [0.4, 0.5) is 0 Å². The molecule has 2 amide bonds. The summed E-state index contributed by atoms with van der Waals surface area (Å²) in [5.41, 5.74) is 0.850. The summed E-state index contributed by atoms with van der Waals surface area (Å²) >= 11 is 9.52. The highest BCUT2D eigenvalue weighted by molar-refractivity contribution is 9.10. The molecule has 0 bridgehead atoms. The number of benzene rings is 2. The van der Waals surface area contributed by atoms with Crippen LogP contribution in [0, 0.1) is 0 Å². The molecule has 0 radical (unpaired) electrons. The highest BCUT2D eigenvalue weighted by Crippen LogP contribution is 2.28. The van der Waals surface area contributed by atoms with Crippen LogP contribution < -0.4 is 14.8 Å². The van der Waals surface area contributed by atoms with E-state index >= 15 is 0 Å². The summed E-state index contributed by atoms with van der Waals surface area (Å²) in [5, 5.41) is 3.29. The van der Waals surface area contributed by atoms with Crippen molar-refractivity contribution in [2.45, 2.75) is 39.3 Å². The molecular formula is C23H28BrClN2O4. The molecule has 0 spiro atoms. The van der Waals surface area contributed by atoms with Crippen LogP contribution in [0.1, 0.15) is 32.3 Å². The second-order valence-electron chi connectivity index (χ2n) is 7.06. The lowest BCUT2D eigenvalue weighted by molar-refractivity contribution is -0.142. The fraction of sp³-hybridized carbons (Fsp3) is 0.391. The van der Waals surface area contributed by atoms with E-state index in [9.17, 15) is 9.59 Å². The molecule has 2 aromatic carbocycles. The summed E-state index contributed by atoms with van der Waals surface area (Å²) in [6, 6.07) is 11.9. The van der Waals surface area contributed by atoms with E-state index in [4.69, 9.17) is 21.1 Å². The summed E-state index contributed by atoms with van der Waals surface area (Å²) in [6.45, 7) is 4.35. The molecule has 8 heteroatoms. The van der Waals surface area contributed by atoms with E-state index in [2.05, 4.69) is 28.2 Å². The van der Waals surface area contributed by atoms with E-state index in [-0.39, 0.29) is 25.0 Å². The van der Waals surface area contributed by atoms with E-state index in [1.54, 1.807) is 32.2 Å². The van der Waals surface area contributed by atoms with Gasteiger partial charge in [0.15, 0.2) is 6.61 Å². The first kappa shape index (κ1) is 25.0. The largest absolute Gasteiger partial charge is 0.497 e. The molecule has 31 heavy (non-hydrogen) atoms. The number of hydrogen-bond acceptors (Lipinski definition) is 4. The number of methoxy groups -OCH3 is 1. The molecule has 0 fully saturated rings. The van der Waals surface area contributed by atoms with E-state index < -0.39 is 6.04 Å². The van der Waals surface area contributed by atoms with E-state index in [0.717, 1.165) is 22.9 Å². The zero-order valence-corrected chi connectivity index (χ0v) is 20.3. The molecule has 0 aliphatic rings.